The van der Waals surface area contributed by atoms with Crippen LogP contribution in [0.15, 0.2) is 5.38 Å². The Morgan fingerprint density at radius 3 is 2.82 bits per heavy atom. The first-order valence-corrected chi connectivity index (χ1v) is 6.29. The van der Waals surface area contributed by atoms with Crippen LogP contribution >= 0.6 is 11.3 Å². The molecule has 1 saturated heterocycles. The lowest BCUT2D eigenvalue weighted by Crippen LogP contribution is -2.50. The Hall–Kier alpha value is -1.63. The van der Waals surface area contributed by atoms with Crippen LogP contribution < -0.4 is 11.5 Å². The number of piperidine rings is 1. The number of amides is 2. The van der Waals surface area contributed by atoms with Crippen molar-refractivity contribution in [2.75, 3.05) is 12.3 Å². The van der Waals surface area contributed by atoms with Gasteiger partial charge in [0, 0.05) is 11.9 Å². The van der Waals surface area contributed by atoms with Crippen LogP contribution in [-0.4, -0.2) is 34.3 Å². The van der Waals surface area contributed by atoms with Crippen molar-refractivity contribution in [2.45, 2.75) is 25.3 Å². The fraction of sp³-hybridized carbons (Fsp3) is 0.500. The highest BCUT2D eigenvalue weighted by Gasteiger charge is 2.32. The first-order valence-electron chi connectivity index (χ1n) is 5.41. The van der Waals surface area contributed by atoms with E-state index < -0.39 is 11.9 Å². The molecule has 1 aliphatic heterocycles. The zero-order valence-corrected chi connectivity index (χ0v) is 10.1. The summed E-state index contributed by atoms with van der Waals surface area (Å²) in [5.41, 5.74) is 11.1. The summed E-state index contributed by atoms with van der Waals surface area (Å²) in [5.74, 6) is -0.720. The van der Waals surface area contributed by atoms with Gasteiger partial charge in [-0.05, 0) is 19.3 Å². The number of hydrogen-bond acceptors (Lipinski definition) is 5. The molecular weight excluding hydrogens is 240 g/mol. The Bertz CT molecular complexity index is 445. The van der Waals surface area contributed by atoms with Gasteiger partial charge in [-0.25, -0.2) is 4.98 Å². The van der Waals surface area contributed by atoms with Crippen molar-refractivity contribution in [3.8, 4) is 0 Å². The van der Waals surface area contributed by atoms with Gasteiger partial charge < -0.3 is 16.4 Å². The minimum atomic E-state index is -0.515. The summed E-state index contributed by atoms with van der Waals surface area (Å²) in [6, 6.07) is -0.515. The normalized spacial score (nSPS) is 20.2. The maximum atomic E-state index is 12.1. The fourth-order valence-corrected chi connectivity index (χ4v) is 2.54. The number of carbonyl (C=O) groups excluding carboxylic acids is 2. The van der Waals surface area contributed by atoms with Gasteiger partial charge in [-0.2, -0.15) is 0 Å². The third kappa shape index (κ3) is 2.38. The summed E-state index contributed by atoms with van der Waals surface area (Å²) in [6.45, 7) is 0.546. The molecule has 1 fully saturated rings. The number of primary amides is 1. The number of anilines is 1. The van der Waals surface area contributed by atoms with E-state index in [1.165, 1.54) is 16.2 Å². The van der Waals surface area contributed by atoms with Crippen LogP contribution in [0.25, 0.3) is 0 Å². The van der Waals surface area contributed by atoms with Gasteiger partial charge in [0.25, 0.3) is 5.91 Å². The van der Waals surface area contributed by atoms with Gasteiger partial charge in [0.2, 0.25) is 5.91 Å². The predicted molar refractivity (Wildman–Crippen MR) is 64.4 cm³/mol. The number of hydrogen-bond donors (Lipinski definition) is 2. The minimum absolute atomic E-state index is 0.263. The molecule has 0 spiro atoms. The molecule has 0 bridgehead atoms. The molecule has 1 aromatic rings. The Morgan fingerprint density at radius 2 is 2.24 bits per heavy atom. The first kappa shape index (κ1) is 11.8. The number of carbonyl (C=O) groups is 2. The molecule has 0 aliphatic carbocycles. The van der Waals surface area contributed by atoms with Crippen LogP contribution in [0.3, 0.4) is 0 Å². The Labute approximate surface area is 103 Å². The van der Waals surface area contributed by atoms with Gasteiger partial charge in [0.05, 0.1) is 0 Å². The summed E-state index contributed by atoms with van der Waals surface area (Å²) < 4.78 is 0. The van der Waals surface area contributed by atoms with Crippen molar-refractivity contribution in [1.29, 1.82) is 0 Å². The van der Waals surface area contributed by atoms with Crippen molar-refractivity contribution in [3.63, 3.8) is 0 Å². The van der Waals surface area contributed by atoms with Gasteiger partial charge in [0.1, 0.15) is 11.7 Å². The van der Waals surface area contributed by atoms with E-state index in [0.717, 1.165) is 12.8 Å². The molecule has 92 valence electrons. The largest absolute Gasteiger partial charge is 0.375 e. The molecule has 2 rings (SSSR count). The van der Waals surface area contributed by atoms with Gasteiger partial charge in [-0.15, -0.1) is 11.3 Å². The molecule has 7 heteroatoms. The summed E-state index contributed by atoms with van der Waals surface area (Å²) in [4.78, 5) is 28.9. The van der Waals surface area contributed by atoms with Gasteiger partial charge >= 0.3 is 0 Å². The number of nitrogens with two attached hydrogens (primary N) is 2. The highest BCUT2D eigenvalue weighted by molar-refractivity contribution is 7.13. The van der Waals surface area contributed by atoms with E-state index in [1.54, 1.807) is 5.38 Å². The maximum Gasteiger partial charge on any atom is 0.274 e. The molecular formula is C10H14N4O2S. The number of nitrogens with zero attached hydrogens (tertiary/aromatic N) is 2. The van der Waals surface area contributed by atoms with E-state index in [2.05, 4.69) is 4.98 Å². The van der Waals surface area contributed by atoms with Crippen LogP contribution in [0.1, 0.15) is 29.8 Å². The van der Waals surface area contributed by atoms with E-state index in [0.29, 0.717) is 23.8 Å². The lowest BCUT2D eigenvalue weighted by Gasteiger charge is -2.33. The van der Waals surface area contributed by atoms with E-state index in [1.807, 2.05) is 0 Å². The summed E-state index contributed by atoms with van der Waals surface area (Å²) in [7, 11) is 0. The molecule has 4 N–H and O–H groups in total. The molecule has 1 atom stereocenters. The molecule has 0 saturated carbocycles. The van der Waals surface area contributed by atoms with Crippen LogP contribution in [0, 0.1) is 0 Å². The molecule has 17 heavy (non-hydrogen) atoms. The average Bonchev–Trinajstić information content (AvgIpc) is 2.75. The first-order chi connectivity index (χ1) is 8.09. The van der Waals surface area contributed by atoms with E-state index in [9.17, 15) is 9.59 Å². The second-order valence-corrected chi connectivity index (χ2v) is 4.87. The summed E-state index contributed by atoms with van der Waals surface area (Å²) in [6.07, 6.45) is 2.42. The van der Waals surface area contributed by atoms with Gasteiger partial charge in [-0.1, -0.05) is 0 Å². The van der Waals surface area contributed by atoms with Crippen LogP contribution in [0.2, 0.25) is 0 Å². The molecule has 1 aromatic heterocycles. The third-order valence-corrected chi connectivity index (χ3v) is 3.51. The lowest BCUT2D eigenvalue weighted by atomic mass is 10.0. The molecule has 0 aromatic carbocycles. The van der Waals surface area contributed by atoms with E-state index in [-0.39, 0.29) is 5.91 Å². The second-order valence-electron chi connectivity index (χ2n) is 3.98. The molecule has 1 unspecified atom stereocenters. The van der Waals surface area contributed by atoms with Crippen LogP contribution in [0.5, 0.6) is 0 Å². The number of thiazole rings is 1. The lowest BCUT2D eigenvalue weighted by molar-refractivity contribution is -0.123. The zero-order chi connectivity index (χ0) is 12.4. The van der Waals surface area contributed by atoms with E-state index >= 15 is 0 Å². The van der Waals surface area contributed by atoms with Crippen LogP contribution in [-0.2, 0) is 4.79 Å². The molecule has 1 aliphatic rings. The quantitative estimate of drug-likeness (QED) is 0.787. The molecule has 6 nitrogen and oxygen atoms in total. The Morgan fingerprint density at radius 1 is 1.47 bits per heavy atom. The predicted octanol–water partition coefficient (Wildman–Crippen LogP) is 0.205. The van der Waals surface area contributed by atoms with Gasteiger partial charge in [0.15, 0.2) is 5.13 Å². The Kier molecular flexibility index (Phi) is 3.28. The zero-order valence-electron chi connectivity index (χ0n) is 9.26. The average molecular weight is 254 g/mol. The fourth-order valence-electron chi connectivity index (χ4n) is 2.00. The van der Waals surface area contributed by atoms with Crippen molar-refractivity contribution >= 4 is 28.3 Å². The SMILES string of the molecule is NC(=O)C1CCCCN1C(=O)c1csc(N)n1. The molecule has 2 heterocycles. The van der Waals surface area contributed by atoms with Crippen molar-refractivity contribution in [1.82, 2.24) is 9.88 Å². The maximum absolute atomic E-state index is 12.1. The number of nitrogen functional groups attached to an aromatic ring is 1. The number of likely N-dealkylation sites (tertiary alicyclic amines) is 1. The molecule has 2 amide bonds. The monoisotopic (exact) mass is 254 g/mol. The summed E-state index contributed by atoms with van der Waals surface area (Å²) >= 11 is 1.21. The van der Waals surface area contributed by atoms with Crippen LogP contribution in [0.4, 0.5) is 5.13 Å². The van der Waals surface area contributed by atoms with Crippen molar-refractivity contribution in [3.05, 3.63) is 11.1 Å². The van der Waals surface area contributed by atoms with Gasteiger partial charge in [-0.3, -0.25) is 9.59 Å². The highest BCUT2D eigenvalue weighted by atomic mass is 32.1. The van der Waals surface area contributed by atoms with Crippen molar-refractivity contribution in [2.24, 2.45) is 5.73 Å². The van der Waals surface area contributed by atoms with Crippen molar-refractivity contribution < 1.29 is 9.59 Å². The number of rotatable bonds is 2. The molecule has 0 radical (unpaired) electrons. The minimum Gasteiger partial charge on any atom is -0.375 e. The number of aromatic nitrogens is 1. The highest BCUT2D eigenvalue weighted by Crippen LogP contribution is 2.21. The standard InChI is InChI=1S/C10H14N4O2S/c11-8(15)7-3-1-2-4-14(7)9(16)6-5-17-10(12)13-6/h5,7H,1-4H2,(H2,11,15)(H2,12,13). The smallest absolute Gasteiger partial charge is 0.274 e. The summed E-state index contributed by atoms with van der Waals surface area (Å²) in [5, 5.41) is 1.95. The third-order valence-electron chi connectivity index (χ3n) is 2.83. The second kappa shape index (κ2) is 4.70. The Balaban J connectivity index is 2.19. The topological polar surface area (TPSA) is 102 Å². The van der Waals surface area contributed by atoms with E-state index in [4.69, 9.17) is 11.5 Å².